The van der Waals surface area contributed by atoms with E-state index < -0.39 is 10.0 Å². The van der Waals surface area contributed by atoms with Crippen LogP contribution in [-0.4, -0.2) is 45.8 Å². The Hall–Kier alpha value is -3.02. The Labute approximate surface area is 202 Å². The molecule has 2 heterocycles. The van der Waals surface area contributed by atoms with E-state index in [2.05, 4.69) is 19.9 Å². The zero-order valence-corrected chi connectivity index (χ0v) is 20.8. The van der Waals surface area contributed by atoms with Crippen LogP contribution in [0.3, 0.4) is 0 Å². The van der Waals surface area contributed by atoms with Crippen molar-refractivity contribution in [1.29, 1.82) is 0 Å². The van der Waals surface area contributed by atoms with Crippen LogP contribution >= 0.6 is 11.8 Å². The van der Waals surface area contributed by atoms with Gasteiger partial charge in [0.15, 0.2) is 0 Å². The monoisotopic (exact) mass is 499 g/mol. The lowest BCUT2D eigenvalue weighted by molar-refractivity contribution is -0.713. The largest absolute Gasteiger partial charge is 0.505 e. The minimum absolute atomic E-state index is 0.0215. The van der Waals surface area contributed by atoms with Crippen molar-refractivity contribution >= 4 is 32.8 Å². The zero-order chi connectivity index (χ0) is 24.3. The van der Waals surface area contributed by atoms with Crippen LogP contribution in [-0.2, 0) is 17.1 Å². The van der Waals surface area contributed by atoms with Crippen LogP contribution in [0.1, 0.15) is 31.7 Å². The number of thioether (sulfide) groups is 1. The summed E-state index contributed by atoms with van der Waals surface area (Å²) in [6.07, 6.45) is 4.32. The van der Waals surface area contributed by atoms with Gasteiger partial charge in [0.1, 0.15) is 28.7 Å². The van der Waals surface area contributed by atoms with E-state index in [0.717, 1.165) is 11.6 Å². The molecule has 11 heteroatoms. The van der Waals surface area contributed by atoms with Crippen molar-refractivity contribution in [2.24, 2.45) is 7.05 Å². The lowest BCUT2D eigenvalue weighted by atomic mass is 9.97. The number of nitrogens with one attached hydrogen (secondary N) is 1. The Balaban J connectivity index is 1.63. The predicted octanol–water partition coefficient (Wildman–Crippen LogP) is 2.93. The molecule has 0 saturated carbocycles. The van der Waals surface area contributed by atoms with Gasteiger partial charge in [0.05, 0.1) is 18.1 Å². The molecule has 1 unspecified atom stereocenters. The fraction of sp³-hybridized carbons (Fsp3) is 0.304. The van der Waals surface area contributed by atoms with Gasteiger partial charge in [-0.3, -0.25) is 0 Å². The maximum Gasteiger partial charge on any atom is 0.358 e. The van der Waals surface area contributed by atoms with Gasteiger partial charge in [-0.1, -0.05) is 26.0 Å². The number of aromatic nitrogens is 5. The van der Waals surface area contributed by atoms with Gasteiger partial charge >= 0.3 is 5.16 Å². The van der Waals surface area contributed by atoms with Crippen molar-refractivity contribution in [3.05, 3.63) is 60.4 Å². The fourth-order valence-electron chi connectivity index (χ4n) is 3.45. The molecular formula is C23H27N6O3S2+. The summed E-state index contributed by atoms with van der Waals surface area (Å²) in [7, 11) is -1.95. The number of aromatic hydroxyl groups is 1. The van der Waals surface area contributed by atoms with Gasteiger partial charge < -0.3 is 5.11 Å². The fourth-order valence-corrected chi connectivity index (χ4v) is 5.46. The number of sulfonamides is 1. The number of phenolic OH excluding ortho intramolecular Hbond substituents is 1. The summed E-state index contributed by atoms with van der Waals surface area (Å²) in [5, 5.41) is 20.6. The van der Waals surface area contributed by atoms with Crippen LogP contribution in [0, 0.1) is 0 Å². The molecule has 2 aromatic carbocycles. The van der Waals surface area contributed by atoms with E-state index in [9.17, 15) is 13.5 Å². The van der Waals surface area contributed by atoms with Crippen molar-refractivity contribution in [2.45, 2.75) is 36.2 Å². The average molecular weight is 500 g/mol. The number of hydrogen-bond acceptors (Lipinski definition) is 7. The van der Waals surface area contributed by atoms with Crippen molar-refractivity contribution in [1.82, 2.24) is 24.7 Å². The minimum atomic E-state index is -3.84. The third-order valence-electron chi connectivity index (χ3n) is 5.56. The SMILES string of the molecule is CCC(C)c1cc(S(=O)(=O)NCCSc2nccc[n+]2C)cc(-n2nc3ccccc3n2)c1O. The van der Waals surface area contributed by atoms with E-state index in [-0.39, 0.29) is 28.8 Å². The molecule has 0 amide bonds. The number of benzene rings is 2. The average Bonchev–Trinajstić information content (AvgIpc) is 3.26. The van der Waals surface area contributed by atoms with Gasteiger partial charge in [-0.05, 0) is 53.4 Å². The van der Waals surface area contributed by atoms with Crippen LogP contribution in [0.25, 0.3) is 16.7 Å². The molecule has 9 nitrogen and oxygen atoms in total. The smallest absolute Gasteiger partial charge is 0.358 e. The zero-order valence-electron chi connectivity index (χ0n) is 19.2. The first-order chi connectivity index (χ1) is 16.3. The molecule has 0 spiro atoms. The van der Waals surface area contributed by atoms with Gasteiger partial charge in [0, 0.05) is 23.9 Å². The van der Waals surface area contributed by atoms with E-state index >= 15 is 0 Å². The summed E-state index contributed by atoms with van der Waals surface area (Å²) >= 11 is 1.46. The van der Waals surface area contributed by atoms with Crippen molar-refractivity contribution in [3.63, 3.8) is 0 Å². The van der Waals surface area contributed by atoms with E-state index in [1.807, 2.05) is 62.0 Å². The summed E-state index contributed by atoms with van der Waals surface area (Å²) in [4.78, 5) is 5.64. The molecule has 0 fully saturated rings. The van der Waals surface area contributed by atoms with Crippen LogP contribution in [0.5, 0.6) is 5.75 Å². The molecule has 1 atom stereocenters. The number of fused-ring (bicyclic) bond motifs is 1. The van der Waals surface area contributed by atoms with Gasteiger partial charge in [-0.25, -0.2) is 17.7 Å². The first kappa shape index (κ1) is 24.1. The number of rotatable bonds is 9. The molecule has 0 saturated heterocycles. The molecule has 0 aliphatic rings. The highest BCUT2D eigenvalue weighted by Gasteiger charge is 2.23. The van der Waals surface area contributed by atoms with Crippen LogP contribution in [0.2, 0.25) is 0 Å². The highest BCUT2D eigenvalue weighted by molar-refractivity contribution is 7.99. The summed E-state index contributed by atoms with van der Waals surface area (Å²) in [5.41, 5.74) is 2.07. The van der Waals surface area contributed by atoms with Crippen LogP contribution in [0.15, 0.2) is 64.9 Å². The summed E-state index contributed by atoms with van der Waals surface area (Å²) < 4.78 is 30.9. The van der Waals surface area contributed by atoms with E-state index in [4.69, 9.17) is 0 Å². The number of aryl methyl sites for hydroxylation is 1. The number of phenols is 1. The molecule has 2 N–H and O–H groups in total. The Morgan fingerprint density at radius 1 is 1.18 bits per heavy atom. The molecule has 0 radical (unpaired) electrons. The van der Waals surface area contributed by atoms with Gasteiger partial charge in [0.2, 0.25) is 10.0 Å². The van der Waals surface area contributed by atoms with Crippen LogP contribution in [0.4, 0.5) is 0 Å². The second-order valence-corrected chi connectivity index (χ2v) is 10.8. The Bertz CT molecular complexity index is 1390. The second kappa shape index (κ2) is 10.1. The highest BCUT2D eigenvalue weighted by atomic mass is 32.2. The number of nitrogens with zero attached hydrogens (tertiary/aromatic N) is 5. The van der Waals surface area contributed by atoms with Crippen LogP contribution < -0.4 is 9.29 Å². The molecule has 178 valence electrons. The normalized spacial score (nSPS) is 12.8. The van der Waals surface area contributed by atoms with Gasteiger partial charge in [0.25, 0.3) is 0 Å². The van der Waals surface area contributed by atoms with E-state index in [1.54, 1.807) is 6.20 Å². The Kier molecular flexibility index (Phi) is 7.15. The summed E-state index contributed by atoms with van der Waals surface area (Å²) in [6.45, 7) is 4.15. The maximum absolute atomic E-state index is 13.2. The lowest BCUT2D eigenvalue weighted by Crippen LogP contribution is -2.32. The predicted molar refractivity (Wildman–Crippen MR) is 131 cm³/mol. The Morgan fingerprint density at radius 3 is 2.53 bits per heavy atom. The highest BCUT2D eigenvalue weighted by Crippen LogP contribution is 2.35. The third-order valence-corrected chi connectivity index (χ3v) is 8.06. The minimum Gasteiger partial charge on any atom is -0.505 e. The standard InChI is InChI=1S/C23H26N6O3S2/c1-4-16(2)18-14-17(34(31,32)25-11-13-33-23-24-10-7-12-28(23)3)15-21(22(18)30)29-26-19-8-5-6-9-20(19)27-29/h5-10,12,14-16,25H,4,11,13H2,1-3H3/p+1. The van der Waals surface area contributed by atoms with Crippen molar-refractivity contribution in [2.75, 3.05) is 12.3 Å². The molecular weight excluding hydrogens is 472 g/mol. The summed E-state index contributed by atoms with van der Waals surface area (Å²) in [5.74, 6) is 0.435. The molecule has 4 aromatic rings. The second-order valence-electron chi connectivity index (χ2n) is 7.93. The van der Waals surface area contributed by atoms with Crippen molar-refractivity contribution in [3.8, 4) is 11.4 Å². The number of hydrogen-bond donors (Lipinski definition) is 2. The first-order valence-corrected chi connectivity index (χ1v) is 13.4. The molecule has 4 rings (SSSR count). The summed E-state index contributed by atoms with van der Waals surface area (Å²) in [6, 6.07) is 12.1. The molecule has 0 aliphatic heterocycles. The maximum atomic E-state index is 13.2. The molecule has 0 bridgehead atoms. The quantitative estimate of drug-likeness (QED) is 0.158. The molecule has 34 heavy (non-hydrogen) atoms. The topological polar surface area (TPSA) is 114 Å². The van der Waals surface area contributed by atoms with E-state index in [1.165, 1.54) is 28.7 Å². The molecule has 2 aromatic heterocycles. The van der Waals surface area contributed by atoms with E-state index in [0.29, 0.717) is 22.3 Å². The first-order valence-electron chi connectivity index (χ1n) is 10.9. The van der Waals surface area contributed by atoms with Gasteiger partial charge in [-0.15, -0.1) is 15.0 Å². The lowest BCUT2D eigenvalue weighted by Gasteiger charge is -2.17. The Morgan fingerprint density at radius 2 is 1.88 bits per heavy atom. The van der Waals surface area contributed by atoms with Gasteiger partial charge in [-0.2, -0.15) is 0 Å². The third kappa shape index (κ3) is 5.06. The molecule has 0 aliphatic carbocycles. The van der Waals surface area contributed by atoms with Crippen molar-refractivity contribution < 1.29 is 18.1 Å².